The Labute approximate surface area is 355 Å². The highest BCUT2D eigenvalue weighted by Gasteiger charge is 2.36. The van der Waals surface area contributed by atoms with Crippen LogP contribution in [0.2, 0.25) is 0 Å². The SMILES string of the molecule is CCCCCCCCCCCCCOC(=O)C(C)SC(CCCCCCCCC)C(OC(=O)CCCN(CCO)CC(O)CCCCCCCC)C(=O)OCCC. The molecule has 0 aliphatic carbocycles. The molecular formula is C47H91NO8S. The Morgan fingerprint density at radius 3 is 1.54 bits per heavy atom. The van der Waals surface area contributed by atoms with Gasteiger partial charge in [-0.05, 0) is 45.6 Å². The van der Waals surface area contributed by atoms with Gasteiger partial charge in [0, 0.05) is 19.5 Å². The molecule has 0 heterocycles. The monoisotopic (exact) mass is 830 g/mol. The molecular weight excluding hydrogens is 739 g/mol. The second-order valence-electron chi connectivity index (χ2n) is 16.3. The standard InChI is InChI=1S/C47H91NO8S/c1-6-10-13-16-19-20-21-22-24-27-30-39-55-46(52)41(5)57-43(33-29-26-23-17-14-11-7-2)45(47(53)54-38-9-4)56-44(51)34-31-35-48(36-37-49)40-42(50)32-28-25-18-15-12-8-3/h41-43,45,49-50H,6-40H2,1-5H3. The summed E-state index contributed by atoms with van der Waals surface area (Å²) in [5.41, 5.74) is 0. The fourth-order valence-electron chi connectivity index (χ4n) is 7.16. The molecule has 4 unspecified atom stereocenters. The molecule has 4 atom stereocenters. The summed E-state index contributed by atoms with van der Waals surface area (Å²) in [7, 11) is 0. The molecule has 57 heavy (non-hydrogen) atoms. The van der Waals surface area contributed by atoms with Crippen LogP contribution in [0.5, 0.6) is 0 Å². The third kappa shape index (κ3) is 34.1. The van der Waals surface area contributed by atoms with Crippen molar-refractivity contribution in [2.24, 2.45) is 0 Å². The van der Waals surface area contributed by atoms with Crippen molar-refractivity contribution in [3.05, 3.63) is 0 Å². The van der Waals surface area contributed by atoms with Crippen molar-refractivity contribution in [3.8, 4) is 0 Å². The molecule has 0 rings (SSSR count). The van der Waals surface area contributed by atoms with E-state index in [4.69, 9.17) is 14.2 Å². The molecule has 2 N–H and O–H groups in total. The van der Waals surface area contributed by atoms with E-state index in [9.17, 15) is 24.6 Å². The summed E-state index contributed by atoms with van der Waals surface area (Å²) < 4.78 is 17.2. The van der Waals surface area contributed by atoms with Gasteiger partial charge in [0.15, 0.2) is 0 Å². The summed E-state index contributed by atoms with van der Waals surface area (Å²) in [5, 5.41) is 19.3. The van der Waals surface area contributed by atoms with Crippen molar-refractivity contribution >= 4 is 29.7 Å². The van der Waals surface area contributed by atoms with Gasteiger partial charge in [0.1, 0.15) is 5.25 Å². The fraction of sp³-hybridized carbons (Fsp3) is 0.936. The number of esters is 3. The molecule has 0 aliphatic rings. The Hall–Kier alpha value is -1.36. The summed E-state index contributed by atoms with van der Waals surface area (Å²) in [6.07, 6.45) is 29.2. The highest BCUT2D eigenvalue weighted by Crippen LogP contribution is 2.30. The average molecular weight is 830 g/mol. The van der Waals surface area contributed by atoms with Gasteiger partial charge in [-0.25, -0.2) is 4.79 Å². The zero-order valence-corrected chi connectivity index (χ0v) is 38.6. The second-order valence-corrected chi connectivity index (χ2v) is 17.9. The van der Waals surface area contributed by atoms with Crippen LogP contribution in [-0.4, -0.2) is 95.2 Å². The van der Waals surface area contributed by atoms with Crippen LogP contribution >= 0.6 is 11.8 Å². The number of hydrogen-bond acceptors (Lipinski definition) is 10. The topological polar surface area (TPSA) is 123 Å². The average Bonchev–Trinajstić information content (AvgIpc) is 3.19. The molecule has 10 heteroatoms. The van der Waals surface area contributed by atoms with Gasteiger partial charge in [0.25, 0.3) is 0 Å². The summed E-state index contributed by atoms with van der Waals surface area (Å²) in [5.74, 6) is -1.35. The van der Waals surface area contributed by atoms with Crippen LogP contribution in [-0.2, 0) is 28.6 Å². The van der Waals surface area contributed by atoms with Gasteiger partial charge in [-0.3, -0.25) is 14.5 Å². The third-order valence-electron chi connectivity index (χ3n) is 10.7. The Morgan fingerprint density at radius 1 is 0.561 bits per heavy atom. The zero-order chi connectivity index (χ0) is 42.2. The molecule has 0 radical (unpaired) electrons. The van der Waals surface area contributed by atoms with Crippen molar-refractivity contribution in [2.45, 2.75) is 244 Å². The number of aliphatic hydroxyl groups is 2. The van der Waals surface area contributed by atoms with Crippen LogP contribution in [0.4, 0.5) is 0 Å². The lowest BCUT2D eigenvalue weighted by Gasteiger charge is -2.27. The van der Waals surface area contributed by atoms with E-state index in [0.717, 1.165) is 57.8 Å². The normalized spacial score (nSPS) is 13.7. The van der Waals surface area contributed by atoms with Gasteiger partial charge >= 0.3 is 17.9 Å². The fourth-order valence-corrected chi connectivity index (χ4v) is 8.48. The number of nitrogens with zero attached hydrogens (tertiary/aromatic N) is 1. The number of thioether (sulfide) groups is 1. The zero-order valence-electron chi connectivity index (χ0n) is 37.8. The lowest BCUT2D eigenvalue weighted by molar-refractivity contribution is -0.168. The largest absolute Gasteiger partial charge is 0.465 e. The summed E-state index contributed by atoms with van der Waals surface area (Å²) in [6, 6.07) is 0. The molecule has 9 nitrogen and oxygen atoms in total. The molecule has 0 saturated heterocycles. The van der Waals surface area contributed by atoms with Crippen LogP contribution in [0.15, 0.2) is 0 Å². The molecule has 0 saturated carbocycles. The summed E-state index contributed by atoms with van der Waals surface area (Å²) >= 11 is 1.36. The molecule has 0 aromatic carbocycles. The first-order valence-electron chi connectivity index (χ1n) is 23.9. The molecule has 0 aliphatic heterocycles. The Kier molecular flexibility index (Phi) is 40.4. The second kappa shape index (κ2) is 41.4. The van der Waals surface area contributed by atoms with Gasteiger partial charge in [-0.15, -0.1) is 11.8 Å². The molecule has 0 fully saturated rings. The van der Waals surface area contributed by atoms with E-state index < -0.39 is 34.6 Å². The Bertz CT molecular complexity index is 924. The van der Waals surface area contributed by atoms with E-state index >= 15 is 0 Å². The first kappa shape index (κ1) is 55.6. The van der Waals surface area contributed by atoms with Gasteiger partial charge in [-0.1, -0.05) is 175 Å². The molecule has 0 spiro atoms. The number of unbranched alkanes of at least 4 members (excludes halogenated alkanes) is 21. The number of carbonyl (C=O) groups is 3. The Morgan fingerprint density at radius 2 is 1.04 bits per heavy atom. The van der Waals surface area contributed by atoms with Crippen LogP contribution in [0.25, 0.3) is 0 Å². The first-order valence-corrected chi connectivity index (χ1v) is 24.9. The highest BCUT2D eigenvalue weighted by atomic mass is 32.2. The molecule has 0 aromatic rings. The third-order valence-corrected chi connectivity index (χ3v) is 12.1. The lowest BCUT2D eigenvalue weighted by Crippen LogP contribution is -2.40. The van der Waals surface area contributed by atoms with Gasteiger partial charge in [0.05, 0.1) is 31.2 Å². The minimum atomic E-state index is -1.12. The number of carbonyl (C=O) groups excluding carboxylic acids is 3. The van der Waals surface area contributed by atoms with E-state index in [0.29, 0.717) is 45.5 Å². The number of ether oxygens (including phenoxy) is 3. The van der Waals surface area contributed by atoms with E-state index in [2.05, 4.69) is 20.8 Å². The van der Waals surface area contributed by atoms with Crippen molar-refractivity contribution in [1.82, 2.24) is 4.90 Å². The van der Waals surface area contributed by atoms with E-state index in [-0.39, 0.29) is 25.6 Å². The molecule has 0 amide bonds. The van der Waals surface area contributed by atoms with Crippen molar-refractivity contribution in [3.63, 3.8) is 0 Å². The quantitative estimate of drug-likeness (QED) is 0.0349. The maximum absolute atomic E-state index is 13.5. The van der Waals surface area contributed by atoms with Crippen LogP contribution in [0, 0.1) is 0 Å². The molecule has 338 valence electrons. The minimum Gasteiger partial charge on any atom is -0.465 e. The van der Waals surface area contributed by atoms with E-state index in [1.54, 1.807) is 0 Å². The predicted molar refractivity (Wildman–Crippen MR) is 239 cm³/mol. The maximum Gasteiger partial charge on any atom is 0.348 e. The van der Waals surface area contributed by atoms with Crippen molar-refractivity contribution in [1.29, 1.82) is 0 Å². The van der Waals surface area contributed by atoms with E-state index in [1.165, 1.54) is 114 Å². The van der Waals surface area contributed by atoms with Gasteiger partial charge in [-0.2, -0.15) is 0 Å². The summed E-state index contributed by atoms with van der Waals surface area (Å²) in [6.45, 7) is 12.4. The van der Waals surface area contributed by atoms with Crippen molar-refractivity contribution in [2.75, 3.05) is 39.5 Å². The number of aliphatic hydroxyl groups excluding tert-OH is 2. The van der Waals surface area contributed by atoms with E-state index in [1.807, 2.05) is 18.7 Å². The lowest BCUT2D eigenvalue weighted by atomic mass is 10.0. The number of hydrogen-bond donors (Lipinski definition) is 2. The smallest absolute Gasteiger partial charge is 0.348 e. The number of rotatable bonds is 43. The van der Waals surface area contributed by atoms with Crippen molar-refractivity contribution < 1.29 is 38.8 Å². The van der Waals surface area contributed by atoms with Crippen LogP contribution in [0.3, 0.4) is 0 Å². The van der Waals surface area contributed by atoms with Crippen LogP contribution < -0.4 is 0 Å². The predicted octanol–water partition coefficient (Wildman–Crippen LogP) is 11.5. The molecule has 0 bridgehead atoms. The first-order chi connectivity index (χ1) is 27.7. The highest BCUT2D eigenvalue weighted by molar-refractivity contribution is 8.01. The minimum absolute atomic E-state index is 0.0308. The maximum atomic E-state index is 13.5. The summed E-state index contributed by atoms with van der Waals surface area (Å²) in [4.78, 5) is 42.0. The van der Waals surface area contributed by atoms with Gasteiger partial charge in [0.2, 0.25) is 6.10 Å². The van der Waals surface area contributed by atoms with Gasteiger partial charge < -0.3 is 24.4 Å². The van der Waals surface area contributed by atoms with Crippen LogP contribution in [0.1, 0.15) is 221 Å². The Balaban J connectivity index is 5.27. The molecule has 0 aromatic heterocycles.